The van der Waals surface area contributed by atoms with E-state index >= 15 is 0 Å². The van der Waals surface area contributed by atoms with E-state index in [9.17, 15) is 9.59 Å². The van der Waals surface area contributed by atoms with Crippen molar-refractivity contribution < 1.29 is 13.9 Å². The molecular formula is C24H17Cl2NO4. The molecule has 0 bridgehead atoms. The first-order valence-corrected chi connectivity index (χ1v) is 10.2. The van der Waals surface area contributed by atoms with Gasteiger partial charge in [0, 0.05) is 16.1 Å². The summed E-state index contributed by atoms with van der Waals surface area (Å²) in [6.45, 7) is 1.62. The SMILES string of the molecule is C[C@@H](Oc1ccc(Cl)cc1Cl)C(=O)Nc1ccc(-c2cc3ccccc3oc2=O)cc1. The smallest absolute Gasteiger partial charge is 0.344 e. The van der Waals surface area contributed by atoms with Crippen molar-refractivity contribution in [3.8, 4) is 16.9 Å². The van der Waals surface area contributed by atoms with E-state index in [1.165, 1.54) is 0 Å². The Balaban J connectivity index is 1.47. The second-order valence-electron chi connectivity index (χ2n) is 6.89. The molecule has 1 heterocycles. The van der Waals surface area contributed by atoms with Crippen LogP contribution in [-0.2, 0) is 4.79 Å². The number of benzene rings is 3. The van der Waals surface area contributed by atoms with Gasteiger partial charge >= 0.3 is 5.63 Å². The Morgan fingerprint density at radius 2 is 1.74 bits per heavy atom. The van der Waals surface area contributed by atoms with Crippen LogP contribution >= 0.6 is 23.2 Å². The number of anilines is 1. The summed E-state index contributed by atoms with van der Waals surface area (Å²) in [6, 6.07) is 20.8. The highest BCUT2D eigenvalue weighted by Gasteiger charge is 2.17. The molecule has 0 aliphatic rings. The van der Waals surface area contributed by atoms with Crippen molar-refractivity contribution in [2.45, 2.75) is 13.0 Å². The zero-order chi connectivity index (χ0) is 22.0. The van der Waals surface area contributed by atoms with Crippen molar-refractivity contribution in [1.29, 1.82) is 0 Å². The van der Waals surface area contributed by atoms with Crippen LogP contribution in [-0.4, -0.2) is 12.0 Å². The summed E-state index contributed by atoms with van der Waals surface area (Å²) in [4.78, 5) is 24.8. The molecule has 31 heavy (non-hydrogen) atoms. The number of hydrogen-bond acceptors (Lipinski definition) is 4. The third-order valence-electron chi connectivity index (χ3n) is 4.67. The molecule has 0 radical (unpaired) electrons. The number of hydrogen-bond donors (Lipinski definition) is 1. The van der Waals surface area contributed by atoms with E-state index in [1.807, 2.05) is 18.2 Å². The number of carbonyl (C=O) groups excluding carboxylic acids is 1. The predicted molar refractivity (Wildman–Crippen MR) is 123 cm³/mol. The second-order valence-corrected chi connectivity index (χ2v) is 7.73. The quantitative estimate of drug-likeness (QED) is 0.366. The summed E-state index contributed by atoms with van der Waals surface area (Å²) < 4.78 is 11.0. The number of carbonyl (C=O) groups is 1. The number of rotatable bonds is 5. The van der Waals surface area contributed by atoms with Gasteiger partial charge in [-0.25, -0.2) is 4.79 Å². The van der Waals surface area contributed by atoms with Crippen molar-refractivity contribution in [2.24, 2.45) is 0 Å². The number of amides is 1. The third kappa shape index (κ3) is 4.74. The van der Waals surface area contributed by atoms with Crippen molar-refractivity contribution in [1.82, 2.24) is 0 Å². The van der Waals surface area contributed by atoms with E-state index in [2.05, 4.69) is 5.32 Å². The van der Waals surface area contributed by atoms with E-state index < -0.39 is 11.7 Å². The molecule has 1 aromatic heterocycles. The van der Waals surface area contributed by atoms with Gasteiger partial charge in [-0.15, -0.1) is 0 Å². The van der Waals surface area contributed by atoms with Gasteiger partial charge in [-0.3, -0.25) is 4.79 Å². The monoisotopic (exact) mass is 453 g/mol. The highest BCUT2D eigenvalue weighted by molar-refractivity contribution is 6.35. The summed E-state index contributed by atoms with van der Waals surface area (Å²) in [6.07, 6.45) is -0.786. The molecule has 156 valence electrons. The van der Waals surface area contributed by atoms with E-state index in [1.54, 1.807) is 61.5 Å². The van der Waals surface area contributed by atoms with Crippen LogP contribution in [0.25, 0.3) is 22.1 Å². The average molecular weight is 454 g/mol. The normalized spacial score (nSPS) is 11.8. The maximum atomic E-state index is 12.5. The van der Waals surface area contributed by atoms with Gasteiger partial charge in [0.15, 0.2) is 6.10 Å². The van der Waals surface area contributed by atoms with Crippen LogP contribution < -0.4 is 15.7 Å². The van der Waals surface area contributed by atoms with Crippen molar-refractivity contribution in [3.63, 3.8) is 0 Å². The molecule has 0 aliphatic carbocycles. The summed E-state index contributed by atoms with van der Waals surface area (Å²) in [5.41, 5.74) is 1.82. The first kappa shape index (κ1) is 21.0. The molecule has 4 aromatic rings. The van der Waals surface area contributed by atoms with Gasteiger partial charge in [-0.2, -0.15) is 0 Å². The first-order chi connectivity index (χ1) is 14.9. The third-order valence-corrected chi connectivity index (χ3v) is 5.20. The summed E-state index contributed by atoms with van der Waals surface area (Å²) in [5.74, 6) is 0.0241. The van der Waals surface area contributed by atoms with Gasteiger partial charge in [-0.1, -0.05) is 53.5 Å². The minimum absolute atomic E-state index is 0.325. The summed E-state index contributed by atoms with van der Waals surface area (Å²) >= 11 is 12.0. The van der Waals surface area contributed by atoms with Crippen LogP contribution in [0.3, 0.4) is 0 Å². The zero-order valence-electron chi connectivity index (χ0n) is 16.4. The van der Waals surface area contributed by atoms with Crippen LogP contribution in [0.15, 0.2) is 82.0 Å². The predicted octanol–water partition coefficient (Wildman–Crippen LogP) is 6.17. The Morgan fingerprint density at radius 1 is 1.00 bits per heavy atom. The van der Waals surface area contributed by atoms with Gasteiger partial charge in [0.2, 0.25) is 0 Å². The van der Waals surface area contributed by atoms with E-state index in [0.717, 1.165) is 5.39 Å². The lowest BCUT2D eigenvalue weighted by molar-refractivity contribution is -0.122. The second kappa shape index (κ2) is 8.84. The number of fused-ring (bicyclic) bond motifs is 1. The highest BCUT2D eigenvalue weighted by atomic mass is 35.5. The molecular weight excluding hydrogens is 437 g/mol. The fourth-order valence-electron chi connectivity index (χ4n) is 3.05. The number of para-hydroxylation sites is 1. The Hall–Kier alpha value is -3.28. The minimum Gasteiger partial charge on any atom is -0.479 e. The summed E-state index contributed by atoms with van der Waals surface area (Å²) in [5, 5.41) is 4.42. The van der Waals surface area contributed by atoms with E-state index in [0.29, 0.717) is 38.2 Å². The Kier molecular flexibility index (Phi) is 5.98. The Labute approximate surface area is 188 Å². The molecule has 3 aromatic carbocycles. The van der Waals surface area contributed by atoms with Crippen LogP contribution in [0, 0.1) is 0 Å². The molecule has 0 fully saturated rings. The van der Waals surface area contributed by atoms with Crippen molar-refractivity contribution in [3.05, 3.63) is 93.3 Å². The van der Waals surface area contributed by atoms with Gasteiger partial charge in [-0.05, 0) is 55.0 Å². The maximum absolute atomic E-state index is 12.5. The molecule has 5 nitrogen and oxygen atoms in total. The van der Waals surface area contributed by atoms with Gasteiger partial charge in [0.05, 0.1) is 10.6 Å². The lowest BCUT2D eigenvalue weighted by atomic mass is 10.1. The molecule has 0 unspecified atom stereocenters. The van der Waals surface area contributed by atoms with Crippen LogP contribution in [0.1, 0.15) is 6.92 Å². The van der Waals surface area contributed by atoms with Crippen molar-refractivity contribution in [2.75, 3.05) is 5.32 Å². The molecule has 0 saturated carbocycles. The highest BCUT2D eigenvalue weighted by Crippen LogP contribution is 2.28. The Morgan fingerprint density at radius 3 is 2.48 bits per heavy atom. The van der Waals surface area contributed by atoms with E-state index in [-0.39, 0.29) is 5.91 Å². The number of ether oxygens (including phenoxy) is 1. The lowest BCUT2D eigenvalue weighted by Gasteiger charge is -2.16. The Bertz CT molecular complexity index is 1320. The van der Waals surface area contributed by atoms with Crippen LogP contribution in [0.4, 0.5) is 5.69 Å². The van der Waals surface area contributed by atoms with Crippen molar-refractivity contribution >= 4 is 45.8 Å². The van der Waals surface area contributed by atoms with Gasteiger partial charge in [0.1, 0.15) is 11.3 Å². The molecule has 1 atom stereocenters. The molecule has 1 N–H and O–H groups in total. The first-order valence-electron chi connectivity index (χ1n) is 9.46. The van der Waals surface area contributed by atoms with Crippen LogP contribution in [0.5, 0.6) is 5.75 Å². The van der Waals surface area contributed by atoms with Gasteiger partial charge < -0.3 is 14.5 Å². The minimum atomic E-state index is -0.786. The fourth-order valence-corrected chi connectivity index (χ4v) is 3.51. The average Bonchev–Trinajstić information content (AvgIpc) is 2.75. The molecule has 0 spiro atoms. The largest absolute Gasteiger partial charge is 0.479 e. The molecule has 4 rings (SSSR count). The standard InChI is InChI=1S/C24H17Cl2NO4/c1-14(30-22-11-8-17(25)13-20(22)26)23(28)27-18-9-6-15(7-10-18)19-12-16-4-2-3-5-21(16)31-24(19)29/h2-14H,1H3,(H,27,28)/t14-/m1/s1. The van der Waals surface area contributed by atoms with Crippen LogP contribution in [0.2, 0.25) is 10.0 Å². The molecule has 0 aliphatic heterocycles. The molecule has 0 saturated heterocycles. The lowest BCUT2D eigenvalue weighted by Crippen LogP contribution is -2.30. The number of nitrogens with one attached hydrogen (secondary N) is 1. The fraction of sp³-hybridized carbons (Fsp3) is 0.0833. The number of halogens is 2. The summed E-state index contributed by atoms with van der Waals surface area (Å²) in [7, 11) is 0. The maximum Gasteiger partial charge on any atom is 0.344 e. The zero-order valence-corrected chi connectivity index (χ0v) is 17.9. The molecule has 1 amide bonds. The van der Waals surface area contributed by atoms with E-state index in [4.69, 9.17) is 32.4 Å². The molecule has 7 heteroatoms. The van der Waals surface area contributed by atoms with Gasteiger partial charge in [0.25, 0.3) is 5.91 Å². The topological polar surface area (TPSA) is 68.5 Å².